The zero-order valence-corrected chi connectivity index (χ0v) is 16.5. The average Bonchev–Trinajstić information content (AvgIpc) is 3.37. The molecule has 5 rings (SSSR count). The van der Waals surface area contributed by atoms with Crippen LogP contribution in [0.1, 0.15) is 18.8 Å². The van der Waals surface area contributed by atoms with Gasteiger partial charge >= 0.3 is 0 Å². The van der Waals surface area contributed by atoms with Crippen molar-refractivity contribution in [1.82, 2.24) is 23.9 Å². The second kappa shape index (κ2) is 6.66. The fourth-order valence-corrected chi connectivity index (χ4v) is 3.83. The summed E-state index contributed by atoms with van der Waals surface area (Å²) in [6.07, 6.45) is 3.89. The van der Waals surface area contributed by atoms with E-state index in [-0.39, 0.29) is 6.61 Å². The standard InChI is InChI=1S/C20H22N6O4/c1-11-8-22-15-7-12(3-5-25(11)15)29-9-14-20(2,28)16(27)19(30-14)26-6-4-13-17(21)23-10-24-18(13)26/h3-8,10,14,16,19,27-28H,9H2,1-2H3,(H2,21,23,24)/t14-,16?,19?,20?/m1/s1. The van der Waals surface area contributed by atoms with E-state index in [4.69, 9.17) is 15.2 Å². The summed E-state index contributed by atoms with van der Waals surface area (Å²) in [5.74, 6) is 0.930. The zero-order valence-electron chi connectivity index (χ0n) is 16.5. The van der Waals surface area contributed by atoms with Gasteiger partial charge in [-0.05, 0) is 26.0 Å². The quantitative estimate of drug-likeness (QED) is 0.455. The second-order valence-corrected chi connectivity index (χ2v) is 7.71. The molecule has 1 aliphatic heterocycles. The lowest BCUT2D eigenvalue weighted by atomic mass is 9.95. The van der Waals surface area contributed by atoms with Crippen molar-refractivity contribution in [3.8, 4) is 5.75 Å². The van der Waals surface area contributed by atoms with Crippen LogP contribution in [-0.4, -0.2) is 58.5 Å². The van der Waals surface area contributed by atoms with E-state index in [0.29, 0.717) is 22.6 Å². The highest BCUT2D eigenvalue weighted by molar-refractivity contribution is 5.86. The molecule has 10 heteroatoms. The van der Waals surface area contributed by atoms with E-state index < -0.39 is 24.0 Å². The molecule has 0 radical (unpaired) electrons. The first-order valence-electron chi connectivity index (χ1n) is 9.55. The number of rotatable bonds is 4. The fraction of sp³-hybridized carbons (Fsp3) is 0.350. The van der Waals surface area contributed by atoms with Crippen molar-refractivity contribution >= 4 is 22.5 Å². The van der Waals surface area contributed by atoms with Crippen LogP contribution in [0.25, 0.3) is 16.7 Å². The molecule has 0 bridgehead atoms. The monoisotopic (exact) mass is 410 g/mol. The Balaban J connectivity index is 1.38. The summed E-state index contributed by atoms with van der Waals surface area (Å²) in [5.41, 5.74) is 6.66. The van der Waals surface area contributed by atoms with E-state index in [0.717, 1.165) is 11.3 Å². The number of aliphatic hydroxyl groups excluding tert-OH is 1. The molecule has 4 aromatic heterocycles. The summed E-state index contributed by atoms with van der Waals surface area (Å²) in [4.78, 5) is 12.5. The molecule has 4 N–H and O–H groups in total. The van der Waals surface area contributed by atoms with Gasteiger partial charge in [0.25, 0.3) is 0 Å². The molecule has 4 atom stereocenters. The molecule has 4 aromatic rings. The molecule has 5 heterocycles. The number of aliphatic hydroxyl groups is 2. The molecule has 0 spiro atoms. The number of hydrogen-bond acceptors (Lipinski definition) is 8. The number of nitrogen functional groups attached to an aromatic ring is 1. The number of aromatic nitrogens is 5. The molecule has 10 nitrogen and oxygen atoms in total. The van der Waals surface area contributed by atoms with Crippen molar-refractivity contribution in [3.05, 3.63) is 48.8 Å². The number of fused-ring (bicyclic) bond motifs is 2. The Hall–Kier alpha value is -3.21. The number of aryl methyl sites for hydroxylation is 1. The highest BCUT2D eigenvalue weighted by Crippen LogP contribution is 2.39. The zero-order chi connectivity index (χ0) is 21.0. The first-order valence-corrected chi connectivity index (χ1v) is 9.55. The summed E-state index contributed by atoms with van der Waals surface area (Å²) in [7, 11) is 0. The third-order valence-electron chi connectivity index (χ3n) is 5.71. The number of nitrogens with two attached hydrogens (primary N) is 1. The molecule has 30 heavy (non-hydrogen) atoms. The van der Waals surface area contributed by atoms with Gasteiger partial charge in [-0.25, -0.2) is 15.0 Å². The van der Waals surface area contributed by atoms with Crippen molar-refractivity contribution in [2.45, 2.75) is 37.9 Å². The van der Waals surface area contributed by atoms with Crippen LogP contribution in [0.15, 0.2) is 43.1 Å². The van der Waals surface area contributed by atoms with Crippen molar-refractivity contribution < 1.29 is 19.7 Å². The molecular weight excluding hydrogens is 388 g/mol. The van der Waals surface area contributed by atoms with E-state index in [1.165, 1.54) is 13.3 Å². The topological polar surface area (TPSA) is 133 Å². The van der Waals surface area contributed by atoms with Gasteiger partial charge in [-0.1, -0.05) is 0 Å². The first kappa shape index (κ1) is 18.8. The van der Waals surface area contributed by atoms with Gasteiger partial charge < -0.3 is 34.4 Å². The lowest BCUT2D eigenvalue weighted by Crippen LogP contribution is -2.47. The van der Waals surface area contributed by atoms with E-state index in [9.17, 15) is 10.2 Å². The summed E-state index contributed by atoms with van der Waals surface area (Å²) in [6.45, 7) is 3.55. The van der Waals surface area contributed by atoms with Gasteiger partial charge in [0.2, 0.25) is 0 Å². The summed E-state index contributed by atoms with van der Waals surface area (Å²) >= 11 is 0. The maximum atomic E-state index is 10.9. The van der Waals surface area contributed by atoms with Crippen LogP contribution in [0.4, 0.5) is 5.82 Å². The molecule has 156 valence electrons. The van der Waals surface area contributed by atoms with Gasteiger partial charge in [0.15, 0.2) is 6.23 Å². The molecule has 1 saturated heterocycles. The third kappa shape index (κ3) is 2.80. The summed E-state index contributed by atoms with van der Waals surface area (Å²) in [6, 6.07) is 5.38. The minimum atomic E-state index is -1.53. The molecular formula is C20H22N6O4. The van der Waals surface area contributed by atoms with Crippen molar-refractivity contribution in [1.29, 1.82) is 0 Å². The largest absolute Gasteiger partial charge is 0.491 e. The predicted octanol–water partition coefficient (Wildman–Crippen LogP) is 1.06. The lowest BCUT2D eigenvalue weighted by molar-refractivity contribution is -0.0765. The van der Waals surface area contributed by atoms with Gasteiger partial charge in [0.1, 0.15) is 53.6 Å². The smallest absolute Gasteiger partial charge is 0.164 e. The average molecular weight is 410 g/mol. The number of nitrogens with zero attached hydrogens (tertiary/aromatic N) is 5. The van der Waals surface area contributed by atoms with Crippen LogP contribution in [0.2, 0.25) is 0 Å². The summed E-state index contributed by atoms with van der Waals surface area (Å²) < 4.78 is 15.5. The van der Waals surface area contributed by atoms with Crippen LogP contribution in [0.3, 0.4) is 0 Å². The molecule has 3 unspecified atom stereocenters. The number of ether oxygens (including phenoxy) is 2. The second-order valence-electron chi connectivity index (χ2n) is 7.71. The van der Waals surface area contributed by atoms with Crippen LogP contribution < -0.4 is 10.5 Å². The minimum Gasteiger partial charge on any atom is -0.491 e. The van der Waals surface area contributed by atoms with Crippen molar-refractivity contribution in [2.75, 3.05) is 12.3 Å². The Labute approximate surface area is 171 Å². The van der Waals surface area contributed by atoms with E-state index >= 15 is 0 Å². The lowest BCUT2D eigenvalue weighted by Gasteiger charge is -2.26. The molecule has 0 aliphatic carbocycles. The van der Waals surface area contributed by atoms with Crippen molar-refractivity contribution in [2.24, 2.45) is 0 Å². The highest BCUT2D eigenvalue weighted by atomic mass is 16.6. The van der Waals surface area contributed by atoms with Crippen LogP contribution in [0, 0.1) is 6.92 Å². The number of anilines is 1. The number of imidazole rings is 1. The summed E-state index contributed by atoms with van der Waals surface area (Å²) in [5, 5.41) is 22.4. The molecule has 0 aromatic carbocycles. The Morgan fingerprint density at radius 2 is 2.10 bits per heavy atom. The Bertz CT molecular complexity index is 1230. The number of pyridine rings is 1. The normalized spacial score (nSPS) is 26.6. The van der Waals surface area contributed by atoms with Gasteiger partial charge in [0, 0.05) is 30.4 Å². The SMILES string of the molecule is Cc1cnc2cc(OC[C@H]3OC(n4ccc5c(N)ncnc54)C(O)C3(C)O)ccn12. The maximum Gasteiger partial charge on any atom is 0.164 e. The Morgan fingerprint density at radius 1 is 1.27 bits per heavy atom. The highest BCUT2D eigenvalue weighted by Gasteiger charge is 2.53. The van der Waals surface area contributed by atoms with E-state index in [2.05, 4.69) is 15.0 Å². The Kier molecular flexibility index (Phi) is 4.17. The number of hydrogen-bond donors (Lipinski definition) is 3. The van der Waals surface area contributed by atoms with Crippen molar-refractivity contribution in [3.63, 3.8) is 0 Å². The minimum absolute atomic E-state index is 0.0484. The predicted molar refractivity (Wildman–Crippen MR) is 108 cm³/mol. The van der Waals surface area contributed by atoms with Crippen LogP contribution in [0.5, 0.6) is 5.75 Å². The van der Waals surface area contributed by atoms with Crippen LogP contribution >= 0.6 is 0 Å². The molecule has 1 fully saturated rings. The first-order chi connectivity index (χ1) is 14.4. The van der Waals surface area contributed by atoms with Crippen LogP contribution in [-0.2, 0) is 4.74 Å². The molecule has 0 saturated carbocycles. The van der Waals surface area contributed by atoms with Gasteiger partial charge in [0.05, 0.1) is 5.39 Å². The maximum absolute atomic E-state index is 10.9. The fourth-order valence-electron chi connectivity index (χ4n) is 3.83. The van der Waals surface area contributed by atoms with E-state index in [1.807, 2.05) is 29.7 Å². The van der Waals surface area contributed by atoms with Gasteiger partial charge in [-0.2, -0.15) is 0 Å². The van der Waals surface area contributed by atoms with E-state index in [1.54, 1.807) is 23.0 Å². The van der Waals surface area contributed by atoms with Gasteiger partial charge in [-0.15, -0.1) is 0 Å². The van der Waals surface area contributed by atoms with Gasteiger partial charge in [-0.3, -0.25) is 0 Å². The molecule has 1 aliphatic rings. The molecule has 0 amide bonds. The Morgan fingerprint density at radius 3 is 2.93 bits per heavy atom. The third-order valence-corrected chi connectivity index (χ3v) is 5.71.